The first-order chi connectivity index (χ1) is 8.77. The molecule has 98 valence electrons. The maximum Gasteiger partial charge on any atom is 0.150 e. The second-order valence-electron chi connectivity index (χ2n) is 4.32. The number of aromatic nitrogens is 2. The zero-order valence-electron chi connectivity index (χ0n) is 10.8. The van der Waals surface area contributed by atoms with Gasteiger partial charge in [-0.1, -0.05) is 29.3 Å². The topological polar surface area (TPSA) is 29.0 Å². The normalized spacial score (nSPS) is 11.1. The number of hydrogen-bond donors (Lipinski definition) is 0. The maximum atomic E-state index is 4.50. The molecule has 0 unspecified atom stereocenters. The molecule has 0 radical (unpaired) electrons. The van der Waals surface area contributed by atoms with E-state index in [0.29, 0.717) is 0 Å². The van der Waals surface area contributed by atoms with Crippen molar-refractivity contribution in [2.45, 2.75) is 26.7 Å². The fourth-order valence-corrected chi connectivity index (χ4v) is 3.40. The first kappa shape index (κ1) is 13.7. The molecular formula is C13H18BrN3S. The average molecular weight is 328 g/mol. The van der Waals surface area contributed by atoms with Crippen molar-refractivity contribution in [3.05, 3.63) is 17.3 Å². The molecule has 0 bridgehead atoms. The van der Waals surface area contributed by atoms with Crippen molar-refractivity contribution in [2.24, 2.45) is 0 Å². The Labute approximate surface area is 120 Å². The molecule has 0 amide bonds. The highest BCUT2D eigenvalue weighted by atomic mass is 79.9. The Balaban J connectivity index is 2.36. The van der Waals surface area contributed by atoms with Crippen LogP contribution < -0.4 is 4.90 Å². The Hall–Kier alpha value is -0.680. The van der Waals surface area contributed by atoms with Gasteiger partial charge in [-0.05, 0) is 24.3 Å². The first-order valence-electron chi connectivity index (χ1n) is 6.27. The van der Waals surface area contributed by atoms with E-state index >= 15 is 0 Å². The minimum atomic E-state index is 0.965. The summed E-state index contributed by atoms with van der Waals surface area (Å²) in [5.74, 6) is 1.09. The number of rotatable bonds is 6. The number of fused-ring (bicyclic) bond motifs is 1. The van der Waals surface area contributed by atoms with Crippen LogP contribution in [0.2, 0.25) is 0 Å². The van der Waals surface area contributed by atoms with Gasteiger partial charge in [-0.2, -0.15) is 0 Å². The molecule has 2 heterocycles. The summed E-state index contributed by atoms with van der Waals surface area (Å²) in [4.78, 5) is 11.2. The smallest absolute Gasteiger partial charge is 0.150 e. The minimum Gasteiger partial charge on any atom is -0.354 e. The van der Waals surface area contributed by atoms with Gasteiger partial charge in [0, 0.05) is 18.4 Å². The summed E-state index contributed by atoms with van der Waals surface area (Å²) in [5.41, 5.74) is 2.34. The number of unbranched alkanes of at least 4 members (excludes halogenated alkanes) is 1. The van der Waals surface area contributed by atoms with Crippen LogP contribution in [-0.2, 0) is 0 Å². The van der Waals surface area contributed by atoms with E-state index in [0.717, 1.165) is 29.8 Å². The van der Waals surface area contributed by atoms with Gasteiger partial charge in [0.1, 0.15) is 12.1 Å². The zero-order chi connectivity index (χ0) is 13.0. The number of aryl methyl sites for hydroxylation is 1. The third-order valence-corrected chi connectivity index (χ3v) is 4.39. The van der Waals surface area contributed by atoms with Crippen LogP contribution in [-0.4, -0.2) is 28.4 Å². The average Bonchev–Trinajstić information content (AvgIpc) is 2.77. The van der Waals surface area contributed by atoms with Crippen LogP contribution in [0.3, 0.4) is 0 Å². The molecule has 0 atom stereocenters. The number of nitrogens with zero attached hydrogens (tertiary/aromatic N) is 3. The minimum absolute atomic E-state index is 0.965. The predicted molar refractivity (Wildman–Crippen MR) is 83.1 cm³/mol. The fourth-order valence-electron chi connectivity index (χ4n) is 1.96. The molecule has 5 heteroatoms. The van der Waals surface area contributed by atoms with Crippen molar-refractivity contribution < 1.29 is 0 Å². The Kier molecular flexibility index (Phi) is 4.95. The van der Waals surface area contributed by atoms with Crippen LogP contribution in [0.1, 0.15) is 25.3 Å². The lowest BCUT2D eigenvalue weighted by atomic mass is 10.3. The van der Waals surface area contributed by atoms with E-state index in [1.807, 2.05) is 0 Å². The van der Waals surface area contributed by atoms with Crippen LogP contribution >= 0.6 is 27.3 Å². The van der Waals surface area contributed by atoms with E-state index < -0.39 is 0 Å². The number of halogens is 1. The van der Waals surface area contributed by atoms with Crippen molar-refractivity contribution in [3.8, 4) is 0 Å². The highest BCUT2D eigenvalue weighted by Crippen LogP contribution is 2.30. The lowest BCUT2D eigenvalue weighted by molar-refractivity contribution is 0.729. The Morgan fingerprint density at radius 1 is 1.33 bits per heavy atom. The van der Waals surface area contributed by atoms with Crippen LogP contribution in [0.25, 0.3) is 10.2 Å². The molecule has 2 aromatic rings. The number of anilines is 1. The molecule has 0 aliphatic rings. The summed E-state index contributed by atoms with van der Waals surface area (Å²) < 4.78 is 1.21. The maximum absolute atomic E-state index is 4.50. The van der Waals surface area contributed by atoms with Gasteiger partial charge in [-0.25, -0.2) is 9.97 Å². The lowest BCUT2D eigenvalue weighted by Crippen LogP contribution is -2.27. The summed E-state index contributed by atoms with van der Waals surface area (Å²) in [6.45, 7) is 6.38. The van der Waals surface area contributed by atoms with E-state index in [2.05, 4.69) is 50.0 Å². The Morgan fingerprint density at radius 2 is 2.17 bits per heavy atom. The quantitative estimate of drug-likeness (QED) is 0.751. The van der Waals surface area contributed by atoms with Crippen LogP contribution in [0.4, 0.5) is 5.82 Å². The van der Waals surface area contributed by atoms with Gasteiger partial charge in [-0.3, -0.25) is 0 Å². The fraction of sp³-hybridized carbons (Fsp3) is 0.538. The molecule has 0 aliphatic carbocycles. The van der Waals surface area contributed by atoms with Gasteiger partial charge in [0.25, 0.3) is 0 Å². The molecule has 0 aliphatic heterocycles. The lowest BCUT2D eigenvalue weighted by Gasteiger charge is -2.22. The monoisotopic (exact) mass is 327 g/mol. The Bertz CT molecular complexity index is 512. The molecule has 0 aromatic carbocycles. The first-order valence-corrected chi connectivity index (χ1v) is 8.27. The van der Waals surface area contributed by atoms with Crippen molar-refractivity contribution in [3.63, 3.8) is 0 Å². The van der Waals surface area contributed by atoms with Crippen molar-refractivity contribution >= 4 is 43.3 Å². The van der Waals surface area contributed by atoms with Crippen molar-refractivity contribution in [1.29, 1.82) is 0 Å². The molecule has 0 spiro atoms. The largest absolute Gasteiger partial charge is 0.354 e. The van der Waals surface area contributed by atoms with E-state index in [4.69, 9.17) is 0 Å². The Morgan fingerprint density at radius 3 is 2.89 bits per heavy atom. The standard InChI is InChI=1S/C13H18BrN3S/c1-3-4-6-17(7-5-14)13-12-11(15-9-16-13)10(2)8-18-12/h8-9H,3-7H2,1-2H3. The predicted octanol–water partition coefficient (Wildman–Crippen LogP) is 4.00. The summed E-state index contributed by atoms with van der Waals surface area (Å²) in [7, 11) is 0. The van der Waals surface area contributed by atoms with E-state index in [-0.39, 0.29) is 0 Å². The summed E-state index contributed by atoms with van der Waals surface area (Å²) in [6.07, 6.45) is 4.09. The third kappa shape index (κ3) is 2.83. The molecule has 0 saturated carbocycles. The van der Waals surface area contributed by atoms with Crippen LogP contribution in [0, 0.1) is 6.92 Å². The molecule has 0 saturated heterocycles. The van der Waals surface area contributed by atoms with E-state index in [1.54, 1.807) is 17.7 Å². The highest BCUT2D eigenvalue weighted by molar-refractivity contribution is 9.09. The van der Waals surface area contributed by atoms with Gasteiger partial charge in [-0.15, -0.1) is 11.3 Å². The van der Waals surface area contributed by atoms with Gasteiger partial charge in [0.15, 0.2) is 0 Å². The molecule has 0 N–H and O–H groups in total. The number of hydrogen-bond acceptors (Lipinski definition) is 4. The number of thiophene rings is 1. The van der Waals surface area contributed by atoms with Gasteiger partial charge < -0.3 is 4.90 Å². The van der Waals surface area contributed by atoms with Crippen LogP contribution in [0.5, 0.6) is 0 Å². The molecule has 2 aromatic heterocycles. The molecular weight excluding hydrogens is 310 g/mol. The van der Waals surface area contributed by atoms with Gasteiger partial charge in [0.05, 0.1) is 10.2 Å². The number of alkyl halides is 1. The summed E-state index contributed by atoms with van der Waals surface area (Å²) in [6, 6.07) is 0. The second-order valence-corrected chi connectivity index (χ2v) is 6.00. The molecule has 2 rings (SSSR count). The van der Waals surface area contributed by atoms with E-state index in [9.17, 15) is 0 Å². The van der Waals surface area contributed by atoms with Gasteiger partial charge in [0.2, 0.25) is 0 Å². The summed E-state index contributed by atoms with van der Waals surface area (Å²) >= 11 is 5.27. The van der Waals surface area contributed by atoms with E-state index in [1.165, 1.54) is 23.1 Å². The SMILES string of the molecule is CCCCN(CCBr)c1ncnc2c(C)csc12. The van der Waals surface area contributed by atoms with Crippen molar-refractivity contribution in [1.82, 2.24) is 9.97 Å². The highest BCUT2D eigenvalue weighted by Gasteiger charge is 2.13. The summed E-state index contributed by atoms with van der Waals surface area (Å²) in [5, 5.41) is 3.13. The zero-order valence-corrected chi connectivity index (χ0v) is 13.2. The third-order valence-electron chi connectivity index (χ3n) is 2.95. The van der Waals surface area contributed by atoms with Crippen LogP contribution in [0.15, 0.2) is 11.7 Å². The van der Waals surface area contributed by atoms with Gasteiger partial charge >= 0.3 is 0 Å². The molecule has 3 nitrogen and oxygen atoms in total. The molecule has 18 heavy (non-hydrogen) atoms. The second kappa shape index (κ2) is 6.48. The molecule has 0 fully saturated rings. The van der Waals surface area contributed by atoms with Crippen molar-refractivity contribution in [2.75, 3.05) is 23.3 Å².